The molecule has 0 unspecified atom stereocenters. The van der Waals surface area contributed by atoms with Crippen molar-refractivity contribution in [3.05, 3.63) is 28.4 Å². The molecule has 82 valence electrons. The Bertz CT molecular complexity index is 578. The summed E-state index contributed by atoms with van der Waals surface area (Å²) >= 11 is 1.00. The second-order valence-corrected chi connectivity index (χ2v) is 3.80. The van der Waals surface area contributed by atoms with Crippen LogP contribution < -0.4 is 4.74 Å². The van der Waals surface area contributed by atoms with E-state index in [1.165, 1.54) is 25.3 Å². The summed E-state index contributed by atoms with van der Waals surface area (Å²) in [7, 11) is 0. The SMILES string of the molecule is CC(=O)Oc1ccc([N+](=O)[O-])c2sncc12. The third-order valence-electron chi connectivity index (χ3n) is 1.91. The largest absolute Gasteiger partial charge is 0.426 e. The van der Waals surface area contributed by atoms with Crippen molar-refractivity contribution in [2.45, 2.75) is 6.92 Å². The molecule has 1 aromatic carbocycles. The molecule has 0 atom stereocenters. The van der Waals surface area contributed by atoms with Crippen molar-refractivity contribution < 1.29 is 14.5 Å². The van der Waals surface area contributed by atoms with Crippen LogP contribution in [0.15, 0.2) is 18.3 Å². The molecule has 0 saturated carbocycles. The van der Waals surface area contributed by atoms with Gasteiger partial charge in [-0.05, 0) is 17.6 Å². The summed E-state index contributed by atoms with van der Waals surface area (Å²) in [4.78, 5) is 21.1. The molecule has 0 N–H and O–H groups in total. The van der Waals surface area contributed by atoms with E-state index in [1.54, 1.807) is 0 Å². The third kappa shape index (κ3) is 1.72. The van der Waals surface area contributed by atoms with Crippen molar-refractivity contribution in [1.82, 2.24) is 4.37 Å². The molecule has 0 aliphatic rings. The zero-order valence-corrected chi connectivity index (χ0v) is 8.98. The van der Waals surface area contributed by atoms with Crippen LogP contribution in [0.3, 0.4) is 0 Å². The lowest BCUT2D eigenvalue weighted by Gasteiger charge is -2.01. The van der Waals surface area contributed by atoms with Gasteiger partial charge >= 0.3 is 5.97 Å². The number of carbonyl (C=O) groups is 1. The van der Waals surface area contributed by atoms with Crippen molar-refractivity contribution in [2.75, 3.05) is 0 Å². The van der Waals surface area contributed by atoms with Gasteiger partial charge in [-0.25, -0.2) is 0 Å². The average molecular weight is 238 g/mol. The lowest BCUT2D eigenvalue weighted by Crippen LogP contribution is -2.01. The average Bonchev–Trinajstić information content (AvgIpc) is 2.65. The van der Waals surface area contributed by atoms with Gasteiger partial charge in [0.2, 0.25) is 0 Å². The van der Waals surface area contributed by atoms with E-state index in [2.05, 4.69) is 4.37 Å². The molecule has 2 rings (SSSR count). The van der Waals surface area contributed by atoms with Crippen LogP contribution in [0.5, 0.6) is 5.75 Å². The van der Waals surface area contributed by atoms with Crippen molar-refractivity contribution in [3.63, 3.8) is 0 Å². The number of hydrogen-bond acceptors (Lipinski definition) is 6. The highest BCUT2D eigenvalue weighted by Gasteiger charge is 2.17. The van der Waals surface area contributed by atoms with E-state index >= 15 is 0 Å². The van der Waals surface area contributed by atoms with E-state index in [4.69, 9.17) is 4.74 Å². The zero-order valence-electron chi connectivity index (χ0n) is 8.17. The highest BCUT2D eigenvalue weighted by molar-refractivity contribution is 7.14. The summed E-state index contributed by atoms with van der Waals surface area (Å²) in [5, 5.41) is 11.2. The second kappa shape index (κ2) is 3.86. The molecular weight excluding hydrogens is 232 g/mol. The number of carbonyl (C=O) groups excluding carboxylic acids is 1. The zero-order chi connectivity index (χ0) is 11.7. The van der Waals surface area contributed by atoms with Crippen LogP contribution in [0, 0.1) is 10.1 Å². The Hall–Kier alpha value is -2.02. The van der Waals surface area contributed by atoms with E-state index in [9.17, 15) is 14.9 Å². The minimum atomic E-state index is -0.488. The van der Waals surface area contributed by atoms with Gasteiger partial charge in [0.15, 0.2) is 0 Å². The Morgan fingerprint density at radius 1 is 1.56 bits per heavy atom. The van der Waals surface area contributed by atoms with Gasteiger partial charge in [-0.2, -0.15) is 4.37 Å². The van der Waals surface area contributed by atoms with E-state index in [1.807, 2.05) is 0 Å². The molecule has 0 fully saturated rings. The molecule has 1 heterocycles. The van der Waals surface area contributed by atoms with Crippen molar-refractivity contribution in [2.24, 2.45) is 0 Å². The molecule has 7 heteroatoms. The maximum absolute atomic E-state index is 10.8. The summed E-state index contributed by atoms with van der Waals surface area (Å²) in [6, 6.07) is 2.70. The van der Waals surface area contributed by atoms with Crippen LogP contribution in [0.2, 0.25) is 0 Å². The fourth-order valence-corrected chi connectivity index (χ4v) is 2.06. The summed E-state index contributed by atoms with van der Waals surface area (Å²) in [5.41, 5.74) is -0.0339. The van der Waals surface area contributed by atoms with Gasteiger partial charge in [0.1, 0.15) is 10.4 Å². The molecule has 0 spiro atoms. The van der Waals surface area contributed by atoms with Crippen molar-refractivity contribution in [3.8, 4) is 5.75 Å². The monoisotopic (exact) mass is 238 g/mol. The van der Waals surface area contributed by atoms with E-state index in [-0.39, 0.29) is 5.69 Å². The molecule has 0 aliphatic heterocycles. The number of benzene rings is 1. The number of nitro benzene ring substituents is 1. The molecule has 6 nitrogen and oxygen atoms in total. The Kier molecular flexibility index (Phi) is 2.53. The molecule has 0 bridgehead atoms. The summed E-state index contributed by atoms with van der Waals surface area (Å²) in [6.45, 7) is 1.27. The first-order chi connectivity index (χ1) is 7.59. The lowest BCUT2D eigenvalue weighted by atomic mass is 10.2. The third-order valence-corrected chi connectivity index (χ3v) is 2.73. The van der Waals surface area contributed by atoms with Crippen LogP contribution in [0.1, 0.15) is 6.92 Å². The first-order valence-corrected chi connectivity index (χ1v) is 5.07. The Labute approximate surface area is 93.8 Å². The highest BCUT2D eigenvalue weighted by atomic mass is 32.1. The van der Waals surface area contributed by atoms with Gasteiger partial charge in [-0.1, -0.05) is 0 Å². The number of hydrogen-bond donors (Lipinski definition) is 0. The maximum atomic E-state index is 10.8. The molecule has 0 amide bonds. The Morgan fingerprint density at radius 3 is 2.94 bits per heavy atom. The van der Waals surface area contributed by atoms with Gasteiger partial charge in [0.25, 0.3) is 5.69 Å². The number of rotatable bonds is 2. The fourth-order valence-electron chi connectivity index (χ4n) is 1.31. The Balaban J connectivity index is 2.63. The van der Waals surface area contributed by atoms with Crippen LogP contribution in [0.25, 0.3) is 10.1 Å². The number of nitro groups is 1. The lowest BCUT2D eigenvalue weighted by molar-refractivity contribution is -0.382. The first kappa shape index (κ1) is 10.5. The van der Waals surface area contributed by atoms with E-state index < -0.39 is 10.9 Å². The van der Waals surface area contributed by atoms with Crippen molar-refractivity contribution in [1.29, 1.82) is 0 Å². The van der Waals surface area contributed by atoms with Crippen molar-refractivity contribution >= 4 is 33.3 Å². The normalized spacial score (nSPS) is 10.3. The van der Waals surface area contributed by atoms with Crippen LogP contribution in [0.4, 0.5) is 5.69 Å². The minimum Gasteiger partial charge on any atom is -0.426 e. The van der Waals surface area contributed by atoms with E-state index in [0.717, 1.165) is 11.5 Å². The summed E-state index contributed by atoms with van der Waals surface area (Å²) < 4.78 is 9.19. The van der Waals surface area contributed by atoms with Gasteiger partial charge in [0, 0.05) is 13.0 Å². The number of fused-ring (bicyclic) bond motifs is 1. The number of esters is 1. The summed E-state index contributed by atoms with van der Waals surface area (Å²) in [6.07, 6.45) is 1.45. The van der Waals surface area contributed by atoms with Crippen LogP contribution in [-0.4, -0.2) is 15.3 Å². The van der Waals surface area contributed by atoms with Crippen LogP contribution in [-0.2, 0) is 4.79 Å². The standard InChI is InChI=1S/C9H6N2O4S/c1-5(12)15-8-3-2-7(11(13)14)9-6(8)4-10-16-9/h2-4H,1H3. The molecule has 16 heavy (non-hydrogen) atoms. The molecule has 0 aliphatic carbocycles. The number of non-ortho nitro benzene ring substituents is 1. The second-order valence-electron chi connectivity index (χ2n) is 3.00. The number of nitrogens with zero attached hydrogens (tertiary/aromatic N) is 2. The smallest absolute Gasteiger partial charge is 0.308 e. The van der Waals surface area contributed by atoms with Gasteiger partial charge < -0.3 is 4.74 Å². The highest BCUT2D eigenvalue weighted by Crippen LogP contribution is 2.35. The number of ether oxygens (including phenoxy) is 1. The fraction of sp³-hybridized carbons (Fsp3) is 0.111. The first-order valence-electron chi connectivity index (χ1n) is 4.30. The number of aromatic nitrogens is 1. The Morgan fingerprint density at radius 2 is 2.31 bits per heavy atom. The molecule has 0 saturated heterocycles. The summed E-state index contributed by atoms with van der Waals surface area (Å²) in [5.74, 6) is -0.178. The van der Waals surface area contributed by atoms with Gasteiger partial charge in [-0.3, -0.25) is 14.9 Å². The molecule has 0 radical (unpaired) electrons. The maximum Gasteiger partial charge on any atom is 0.308 e. The van der Waals surface area contributed by atoms with Gasteiger partial charge in [0.05, 0.1) is 16.5 Å². The minimum absolute atomic E-state index is 0.0339. The van der Waals surface area contributed by atoms with Crippen LogP contribution >= 0.6 is 11.5 Å². The molecule has 2 aromatic rings. The van der Waals surface area contributed by atoms with E-state index in [0.29, 0.717) is 15.8 Å². The topological polar surface area (TPSA) is 82.3 Å². The predicted molar refractivity (Wildman–Crippen MR) is 57.6 cm³/mol. The molecule has 1 aromatic heterocycles. The van der Waals surface area contributed by atoms with Gasteiger partial charge in [-0.15, -0.1) is 0 Å². The predicted octanol–water partition coefficient (Wildman–Crippen LogP) is 2.13. The quantitative estimate of drug-likeness (QED) is 0.346. The molecular formula is C9H6N2O4S.